The van der Waals surface area contributed by atoms with Crippen LogP contribution in [-0.2, 0) is 19.5 Å². The lowest BCUT2D eigenvalue weighted by Gasteiger charge is -2.17. The fraction of sp³-hybridized carbons (Fsp3) is 0.500. The second-order valence-corrected chi connectivity index (χ2v) is 7.90. The summed E-state index contributed by atoms with van der Waals surface area (Å²) in [5, 5.41) is 6.09. The summed E-state index contributed by atoms with van der Waals surface area (Å²) >= 11 is 0. The number of amides is 2. The summed E-state index contributed by atoms with van der Waals surface area (Å²) in [6.07, 6.45) is 7.23. The Kier molecular flexibility index (Phi) is 5.46. The van der Waals surface area contributed by atoms with Crippen molar-refractivity contribution in [1.82, 2.24) is 20.2 Å². The van der Waals surface area contributed by atoms with E-state index in [2.05, 4.69) is 15.6 Å². The molecule has 28 heavy (non-hydrogen) atoms. The average molecular weight is 380 g/mol. The van der Waals surface area contributed by atoms with Crippen molar-refractivity contribution in [1.29, 1.82) is 0 Å². The highest BCUT2D eigenvalue weighted by molar-refractivity contribution is 5.97. The molecule has 0 saturated heterocycles. The molecule has 0 spiro atoms. The number of fused-ring (bicyclic) bond motifs is 1. The highest BCUT2D eigenvalue weighted by Crippen LogP contribution is 2.23. The van der Waals surface area contributed by atoms with E-state index in [1.54, 1.807) is 0 Å². The summed E-state index contributed by atoms with van der Waals surface area (Å²) in [5.74, 6) is 0.0154. The number of hydrogen-bond donors (Lipinski definition) is 2. The van der Waals surface area contributed by atoms with E-state index in [0.29, 0.717) is 18.1 Å². The largest absolute Gasteiger partial charge is 0.348 e. The third-order valence-corrected chi connectivity index (χ3v) is 5.93. The molecule has 2 N–H and O–H groups in total. The minimum atomic E-state index is -0.216. The van der Waals surface area contributed by atoms with Gasteiger partial charge in [-0.25, -0.2) is 4.98 Å². The smallest absolute Gasteiger partial charge is 0.287 e. The molecule has 2 heterocycles. The summed E-state index contributed by atoms with van der Waals surface area (Å²) < 4.78 is 1.94. The number of nitrogens with zero attached hydrogens (tertiary/aromatic N) is 2. The minimum absolute atomic E-state index is 0.129. The minimum Gasteiger partial charge on any atom is -0.348 e. The van der Waals surface area contributed by atoms with E-state index < -0.39 is 0 Å². The predicted octanol–water partition coefficient (Wildman–Crippen LogP) is 3.13. The first-order valence-electron chi connectivity index (χ1n) is 10.4. The summed E-state index contributed by atoms with van der Waals surface area (Å²) in [7, 11) is 0. The number of carbonyl (C=O) groups excluding carboxylic acids is 2. The maximum atomic E-state index is 12.9. The van der Waals surface area contributed by atoms with E-state index in [9.17, 15) is 9.59 Å². The van der Waals surface area contributed by atoms with Gasteiger partial charge in [0.05, 0.1) is 5.69 Å². The zero-order chi connectivity index (χ0) is 19.5. The third kappa shape index (κ3) is 3.81. The lowest BCUT2D eigenvalue weighted by Crippen LogP contribution is -2.33. The Morgan fingerprint density at radius 1 is 1.11 bits per heavy atom. The molecule has 2 aromatic rings. The molecule has 0 bridgehead atoms. The van der Waals surface area contributed by atoms with Gasteiger partial charge in [-0.05, 0) is 50.2 Å². The van der Waals surface area contributed by atoms with Crippen molar-refractivity contribution < 1.29 is 9.59 Å². The molecule has 0 radical (unpaired) electrons. The van der Waals surface area contributed by atoms with E-state index in [1.165, 1.54) is 12.8 Å². The molecule has 2 aliphatic rings. The molecule has 4 rings (SSSR count). The molecular weight excluding hydrogens is 352 g/mol. The molecule has 6 nitrogen and oxygen atoms in total. The average Bonchev–Trinajstić information content (AvgIpc) is 3.35. The Bertz CT molecular complexity index is 881. The first-order valence-corrected chi connectivity index (χ1v) is 10.4. The van der Waals surface area contributed by atoms with Gasteiger partial charge >= 0.3 is 0 Å². The molecule has 1 aromatic carbocycles. The Morgan fingerprint density at radius 3 is 2.68 bits per heavy atom. The zero-order valence-electron chi connectivity index (χ0n) is 16.5. The molecular formula is C22H28N4O2. The molecule has 1 fully saturated rings. The topological polar surface area (TPSA) is 76.0 Å². The van der Waals surface area contributed by atoms with Crippen LogP contribution in [0, 0.1) is 6.92 Å². The third-order valence-electron chi connectivity index (χ3n) is 5.93. The molecule has 1 saturated carbocycles. The number of imidazole rings is 1. The maximum Gasteiger partial charge on any atom is 0.287 e. The van der Waals surface area contributed by atoms with Crippen LogP contribution in [-0.4, -0.2) is 27.4 Å². The monoisotopic (exact) mass is 380 g/mol. The highest BCUT2D eigenvalue weighted by atomic mass is 16.2. The number of benzene rings is 1. The van der Waals surface area contributed by atoms with Gasteiger partial charge in [0.1, 0.15) is 5.69 Å². The van der Waals surface area contributed by atoms with Crippen molar-refractivity contribution in [3.8, 4) is 0 Å². The van der Waals surface area contributed by atoms with Crippen LogP contribution in [0.5, 0.6) is 0 Å². The van der Waals surface area contributed by atoms with Gasteiger partial charge in [0.15, 0.2) is 5.82 Å². The fourth-order valence-electron chi connectivity index (χ4n) is 4.29. The lowest BCUT2D eigenvalue weighted by atomic mass is 10.1. The van der Waals surface area contributed by atoms with Crippen molar-refractivity contribution in [3.63, 3.8) is 0 Å². The van der Waals surface area contributed by atoms with Crippen LogP contribution >= 0.6 is 0 Å². The fourth-order valence-corrected chi connectivity index (χ4v) is 4.29. The Labute approximate surface area is 165 Å². The van der Waals surface area contributed by atoms with Gasteiger partial charge in [0.2, 0.25) is 0 Å². The summed E-state index contributed by atoms with van der Waals surface area (Å²) in [4.78, 5) is 30.2. The van der Waals surface area contributed by atoms with E-state index >= 15 is 0 Å². The molecule has 1 aliphatic heterocycles. The summed E-state index contributed by atoms with van der Waals surface area (Å²) in [6, 6.07) is 8.24. The maximum absolute atomic E-state index is 12.9. The van der Waals surface area contributed by atoms with Gasteiger partial charge < -0.3 is 15.2 Å². The summed E-state index contributed by atoms with van der Waals surface area (Å²) in [5.41, 5.74) is 3.57. The van der Waals surface area contributed by atoms with Gasteiger partial charge in [-0.2, -0.15) is 0 Å². The van der Waals surface area contributed by atoms with Gasteiger partial charge in [-0.15, -0.1) is 0 Å². The second-order valence-electron chi connectivity index (χ2n) is 7.90. The lowest BCUT2D eigenvalue weighted by molar-refractivity contribution is 0.0931. The van der Waals surface area contributed by atoms with Crippen molar-refractivity contribution in [2.45, 2.75) is 71.0 Å². The van der Waals surface area contributed by atoms with Gasteiger partial charge in [-0.1, -0.05) is 37.1 Å². The molecule has 0 unspecified atom stereocenters. The number of aryl methyl sites for hydroxylation is 1. The Morgan fingerprint density at radius 2 is 1.89 bits per heavy atom. The van der Waals surface area contributed by atoms with Crippen LogP contribution in [0.15, 0.2) is 24.3 Å². The van der Waals surface area contributed by atoms with Gasteiger partial charge in [0, 0.05) is 19.1 Å². The predicted molar refractivity (Wildman–Crippen MR) is 107 cm³/mol. The van der Waals surface area contributed by atoms with E-state index in [0.717, 1.165) is 55.5 Å². The van der Waals surface area contributed by atoms with E-state index in [1.807, 2.05) is 35.8 Å². The number of rotatable bonds is 5. The Hall–Kier alpha value is -2.63. The van der Waals surface area contributed by atoms with Crippen LogP contribution in [0.25, 0.3) is 0 Å². The number of aromatic nitrogens is 2. The first-order chi connectivity index (χ1) is 13.6. The number of carbonyl (C=O) groups is 2. The zero-order valence-corrected chi connectivity index (χ0v) is 16.5. The van der Waals surface area contributed by atoms with Gasteiger partial charge in [0.25, 0.3) is 11.8 Å². The quantitative estimate of drug-likeness (QED) is 0.837. The normalized spacial score (nSPS) is 16.6. The molecule has 1 aliphatic carbocycles. The van der Waals surface area contributed by atoms with Crippen molar-refractivity contribution in [3.05, 3.63) is 52.6 Å². The van der Waals surface area contributed by atoms with Crippen LogP contribution in [0.2, 0.25) is 0 Å². The highest BCUT2D eigenvalue weighted by Gasteiger charge is 2.29. The van der Waals surface area contributed by atoms with Gasteiger partial charge in [-0.3, -0.25) is 9.59 Å². The number of hydrogen-bond acceptors (Lipinski definition) is 3. The molecule has 0 atom stereocenters. The molecule has 2 amide bonds. The molecule has 148 valence electrons. The van der Waals surface area contributed by atoms with Crippen molar-refractivity contribution in [2.24, 2.45) is 0 Å². The van der Waals surface area contributed by atoms with Crippen molar-refractivity contribution >= 4 is 11.8 Å². The molecule has 6 heteroatoms. The van der Waals surface area contributed by atoms with E-state index in [4.69, 9.17) is 0 Å². The summed E-state index contributed by atoms with van der Waals surface area (Å²) in [6.45, 7) is 3.23. The Balaban J connectivity index is 1.53. The first kappa shape index (κ1) is 18.7. The van der Waals surface area contributed by atoms with Crippen molar-refractivity contribution in [2.75, 3.05) is 0 Å². The van der Waals surface area contributed by atoms with Crippen LogP contribution in [0.4, 0.5) is 0 Å². The SMILES string of the molecule is Cc1ccccc1CNC(=O)c1nc(C(=O)NC2CCCC2)c2n1CCCC2. The number of nitrogens with one attached hydrogen (secondary N) is 2. The van der Waals surface area contributed by atoms with Crippen LogP contribution in [0.3, 0.4) is 0 Å². The van der Waals surface area contributed by atoms with E-state index in [-0.39, 0.29) is 17.9 Å². The molecule has 1 aromatic heterocycles. The van der Waals surface area contributed by atoms with Crippen LogP contribution in [0.1, 0.15) is 76.5 Å². The second kappa shape index (κ2) is 8.17. The van der Waals surface area contributed by atoms with Crippen LogP contribution < -0.4 is 10.6 Å². The standard InChI is InChI=1S/C22H28N4O2/c1-15-8-2-3-9-16(15)14-23-22(28)20-25-19(18-12-6-7-13-26(18)20)21(27)24-17-10-4-5-11-17/h2-3,8-9,17H,4-7,10-14H2,1H3,(H,23,28)(H,24,27).